The fourth-order valence-corrected chi connectivity index (χ4v) is 2.55. The number of benzene rings is 2. The second kappa shape index (κ2) is 5.10. The average Bonchev–Trinajstić information content (AvgIpc) is 2.83. The van der Waals surface area contributed by atoms with E-state index in [1.807, 2.05) is 30.3 Å². The predicted molar refractivity (Wildman–Crippen MR) is 79.7 cm³/mol. The molecule has 0 bridgehead atoms. The van der Waals surface area contributed by atoms with E-state index < -0.39 is 0 Å². The molecule has 19 heavy (non-hydrogen) atoms. The molecule has 0 amide bonds. The van der Waals surface area contributed by atoms with Crippen molar-refractivity contribution >= 4 is 22.6 Å². The average molecular weight is 271 g/mol. The molecule has 1 aromatic heterocycles. The SMILES string of the molecule is Cc1ccc2oc(C(Cl)Cc3ccccc3)cc2c1. The lowest BCUT2D eigenvalue weighted by molar-refractivity contribution is 0.540. The van der Waals surface area contributed by atoms with Crippen LogP contribution in [0.3, 0.4) is 0 Å². The van der Waals surface area contributed by atoms with Gasteiger partial charge in [0.1, 0.15) is 11.3 Å². The van der Waals surface area contributed by atoms with Crippen LogP contribution in [-0.2, 0) is 6.42 Å². The molecule has 1 nitrogen and oxygen atoms in total. The lowest BCUT2D eigenvalue weighted by atomic mass is 10.1. The van der Waals surface area contributed by atoms with E-state index in [-0.39, 0.29) is 5.38 Å². The van der Waals surface area contributed by atoms with Gasteiger partial charge < -0.3 is 4.42 Å². The summed E-state index contributed by atoms with van der Waals surface area (Å²) in [5, 5.41) is 0.990. The molecule has 0 N–H and O–H groups in total. The zero-order valence-electron chi connectivity index (χ0n) is 10.8. The van der Waals surface area contributed by atoms with Crippen LogP contribution in [0.5, 0.6) is 0 Å². The molecule has 0 saturated heterocycles. The number of fused-ring (bicyclic) bond motifs is 1. The van der Waals surface area contributed by atoms with Crippen LogP contribution in [0.25, 0.3) is 11.0 Å². The van der Waals surface area contributed by atoms with Crippen LogP contribution in [-0.4, -0.2) is 0 Å². The van der Waals surface area contributed by atoms with Crippen molar-refractivity contribution in [2.45, 2.75) is 18.7 Å². The first-order valence-corrected chi connectivity index (χ1v) is 6.84. The third-order valence-corrected chi connectivity index (χ3v) is 3.63. The quantitative estimate of drug-likeness (QED) is 0.592. The number of furan rings is 1. The lowest BCUT2D eigenvalue weighted by Crippen LogP contribution is -1.93. The Morgan fingerprint density at radius 3 is 2.63 bits per heavy atom. The number of rotatable bonds is 3. The highest BCUT2D eigenvalue weighted by molar-refractivity contribution is 6.20. The van der Waals surface area contributed by atoms with E-state index in [0.717, 1.165) is 23.2 Å². The van der Waals surface area contributed by atoms with Crippen molar-refractivity contribution < 1.29 is 4.42 Å². The van der Waals surface area contributed by atoms with Gasteiger partial charge >= 0.3 is 0 Å². The normalized spacial score (nSPS) is 12.7. The van der Waals surface area contributed by atoms with E-state index in [1.165, 1.54) is 11.1 Å². The van der Waals surface area contributed by atoms with Crippen LogP contribution in [0.4, 0.5) is 0 Å². The van der Waals surface area contributed by atoms with Crippen LogP contribution in [0.15, 0.2) is 59.0 Å². The molecule has 0 fully saturated rings. The molecule has 0 radical (unpaired) electrons. The van der Waals surface area contributed by atoms with E-state index in [4.69, 9.17) is 16.0 Å². The monoisotopic (exact) mass is 270 g/mol. The third-order valence-electron chi connectivity index (χ3n) is 3.26. The van der Waals surface area contributed by atoms with Crippen molar-refractivity contribution in [3.63, 3.8) is 0 Å². The standard InChI is InChI=1S/C17H15ClO/c1-12-7-8-16-14(9-12)11-17(19-16)15(18)10-13-5-3-2-4-6-13/h2-9,11,15H,10H2,1H3. The smallest absolute Gasteiger partial charge is 0.134 e. The van der Waals surface area contributed by atoms with Gasteiger partial charge in [0.15, 0.2) is 0 Å². The van der Waals surface area contributed by atoms with Gasteiger partial charge in [0.25, 0.3) is 0 Å². The zero-order valence-corrected chi connectivity index (χ0v) is 11.5. The summed E-state index contributed by atoms with van der Waals surface area (Å²) in [6, 6.07) is 18.5. The predicted octanol–water partition coefficient (Wildman–Crippen LogP) is 5.26. The molecule has 2 aromatic carbocycles. The van der Waals surface area contributed by atoms with E-state index in [0.29, 0.717) is 0 Å². The molecule has 0 saturated carbocycles. The number of hydrogen-bond donors (Lipinski definition) is 0. The molecule has 2 heteroatoms. The van der Waals surface area contributed by atoms with Crippen molar-refractivity contribution in [2.75, 3.05) is 0 Å². The number of aryl methyl sites for hydroxylation is 1. The topological polar surface area (TPSA) is 13.1 Å². The maximum Gasteiger partial charge on any atom is 0.134 e. The minimum Gasteiger partial charge on any atom is -0.459 e. The molecule has 0 aliphatic rings. The second-order valence-electron chi connectivity index (χ2n) is 4.85. The summed E-state index contributed by atoms with van der Waals surface area (Å²) in [6.07, 6.45) is 0.779. The molecule has 3 aromatic rings. The molecular formula is C17H15ClO. The summed E-state index contributed by atoms with van der Waals surface area (Å²) in [4.78, 5) is 0. The van der Waals surface area contributed by atoms with Gasteiger partial charge in [-0.3, -0.25) is 0 Å². The Morgan fingerprint density at radius 2 is 1.84 bits per heavy atom. The Labute approximate surface area is 117 Å². The molecule has 0 spiro atoms. The van der Waals surface area contributed by atoms with Gasteiger partial charge in [-0.1, -0.05) is 42.0 Å². The van der Waals surface area contributed by atoms with Crippen LogP contribution < -0.4 is 0 Å². The van der Waals surface area contributed by atoms with E-state index >= 15 is 0 Å². The Morgan fingerprint density at radius 1 is 1.05 bits per heavy atom. The first-order valence-electron chi connectivity index (χ1n) is 6.40. The highest BCUT2D eigenvalue weighted by Gasteiger charge is 2.14. The second-order valence-corrected chi connectivity index (χ2v) is 5.37. The van der Waals surface area contributed by atoms with Crippen LogP contribution >= 0.6 is 11.6 Å². The summed E-state index contributed by atoms with van der Waals surface area (Å²) < 4.78 is 5.83. The Kier molecular flexibility index (Phi) is 3.31. The van der Waals surface area contributed by atoms with Gasteiger partial charge in [0, 0.05) is 5.39 Å². The first-order chi connectivity index (χ1) is 9.22. The fraction of sp³-hybridized carbons (Fsp3) is 0.176. The Hall–Kier alpha value is -1.73. The van der Waals surface area contributed by atoms with Gasteiger partial charge in [-0.2, -0.15) is 0 Å². The third kappa shape index (κ3) is 2.66. The molecule has 0 aliphatic carbocycles. The Bertz CT molecular complexity index is 685. The molecule has 0 aliphatic heterocycles. The van der Waals surface area contributed by atoms with Crippen LogP contribution in [0.1, 0.15) is 22.3 Å². The van der Waals surface area contributed by atoms with Gasteiger partial charge in [0.2, 0.25) is 0 Å². The molecule has 1 unspecified atom stereocenters. The zero-order chi connectivity index (χ0) is 13.2. The number of alkyl halides is 1. The molecule has 3 rings (SSSR count). The van der Waals surface area contributed by atoms with Gasteiger partial charge in [0.05, 0.1) is 5.38 Å². The highest BCUT2D eigenvalue weighted by Crippen LogP contribution is 2.30. The largest absolute Gasteiger partial charge is 0.459 e. The summed E-state index contributed by atoms with van der Waals surface area (Å²) in [7, 11) is 0. The highest BCUT2D eigenvalue weighted by atomic mass is 35.5. The first kappa shape index (κ1) is 12.3. The van der Waals surface area contributed by atoms with Crippen molar-refractivity contribution in [1.82, 2.24) is 0 Å². The van der Waals surface area contributed by atoms with Crippen molar-refractivity contribution in [2.24, 2.45) is 0 Å². The summed E-state index contributed by atoms with van der Waals surface area (Å²) in [5.74, 6) is 0.839. The Balaban J connectivity index is 1.87. The fourth-order valence-electron chi connectivity index (χ4n) is 2.26. The van der Waals surface area contributed by atoms with Gasteiger partial charge in [-0.25, -0.2) is 0 Å². The van der Waals surface area contributed by atoms with Crippen molar-refractivity contribution in [1.29, 1.82) is 0 Å². The van der Waals surface area contributed by atoms with E-state index in [2.05, 4.69) is 31.2 Å². The van der Waals surface area contributed by atoms with Crippen LogP contribution in [0, 0.1) is 6.92 Å². The molecular weight excluding hydrogens is 256 g/mol. The molecule has 1 heterocycles. The van der Waals surface area contributed by atoms with Crippen molar-refractivity contribution in [3.05, 3.63) is 71.5 Å². The summed E-state index contributed by atoms with van der Waals surface area (Å²) >= 11 is 6.46. The summed E-state index contributed by atoms with van der Waals surface area (Å²) in [6.45, 7) is 2.08. The van der Waals surface area contributed by atoms with E-state index in [1.54, 1.807) is 0 Å². The molecule has 96 valence electrons. The maximum absolute atomic E-state index is 6.46. The van der Waals surface area contributed by atoms with Gasteiger partial charge in [-0.15, -0.1) is 11.6 Å². The number of halogens is 1. The summed E-state index contributed by atoms with van der Waals surface area (Å²) in [5.41, 5.74) is 3.35. The van der Waals surface area contributed by atoms with Gasteiger partial charge in [-0.05, 0) is 37.1 Å². The molecule has 1 atom stereocenters. The lowest BCUT2D eigenvalue weighted by Gasteiger charge is -2.05. The maximum atomic E-state index is 6.46. The van der Waals surface area contributed by atoms with Crippen molar-refractivity contribution in [3.8, 4) is 0 Å². The van der Waals surface area contributed by atoms with Crippen LogP contribution in [0.2, 0.25) is 0 Å². The van der Waals surface area contributed by atoms with E-state index in [9.17, 15) is 0 Å². The minimum absolute atomic E-state index is 0.130. The minimum atomic E-state index is -0.130. The number of hydrogen-bond acceptors (Lipinski definition) is 1.